The molecule has 1 aliphatic heterocycles. The molecule has 222 valence electrons. The number of hydrogen-bond donors (Lipinski definition) is 2. The van der Waals surface area contributed by atoms with Crippen LogP contribution >= 0.6 is 27.7 Å². The topological polar surface area (TPSA) is 81.1 Å². The number of amides is 1. The zero-order valence-electron chi connectivity index (χ0n) is 24.7. The SMILES string of the molecule is CC1=C(C(=O)Nc2cccc(C)c2C)C(c2ccc(OCc3cccc(Br)c3)cc2)n2nc(SCc3ccccc3)nc2N1. The number of nitrogens with one attached hydrogen (secondary N) is 2. The van der Waals surface area contributed by atoms with Crippen LogP contribution in [0.5, 0.6) is 5.75 Å². The number of allylic oxidation sites excluding steroid dienone is 1. The van der Waals surface area contributed by atoms with Crippen LogP contribution < -0.4 is 15.4 Å². The molecule has 1 aromatic heterocycles. The number of carbonyl (C=O) groups excluding carboxylic acids is 1. The highest BCUT2D eigenvalue weighted by Crippen LogP contribution is 2.38. The standard InChI is InChI=1S/C35H32BrN5O2S/c1-22-9-7-14-30(23(22)2)38-33(42)31-24(3)37-34-39-35(44-21-25-10-5-4-6-11-25)40-41(34)32(31)27-15-17-29(18-16-27)43-20-26-12-8-13-28(36)19-26/h4-19,32H,20-21H2,1-3H3,(H,38,42)(H,37,39,40). The number of halogens is 1. The van der Waals surface area contributed by atoms with E-state index in [9.17, 15) is 4.79 Å². The molecule has 5 aromatic rings. The average Bonchev–Trinajstić information content (AvgIpc) is 3.44. The van der Waals surface area contributed by atoms with Crippen molar-refractivity contribution >= 4 is 45.2 Å². The van der Waals surface area contributed by atoms with E-state index in [0.717, 1.165) is 49.6 Å². The summed E-state index contributed by atoms with van der Waals surface area (Å²) in [6, 6.07) is 31.6. The first-order chi connectivity index (χ1) is 21.4. The van der Waals surface area contributed by atoms with Crippen LogP contribution in [0, 0.1) is 13.8 Å². The van der Waals surface area contributed by atoms with E-state index in [2.05, 4.69) is 38.7 Å². The fraction of sp³-hybridized carbons (Fsp3) is 0.171. The van der Waals surface area contributed by atoms with Crippen LogP contribution in [0.25, 0.3) is 0 Å². The number of benzene rings is 4. The predicted octanol–water partition coefficient (Wildman–Crippen LogP) is 8.46. The fourth-order valence-corrected chi connectivity index (χ4v) is 6.36. The summed E-state index contributed by atoms with van der Waals surface area (Å²) in [6.45, 7) is 6.41. The molecule has 7 nitrogen and oxygen atoms in total. The molecule has 0 spiro atoms. The van der Waals surface area contributed by atoms with Gasteiger partial charge in [-0.25, -0.2) is 4.68 Å². The van der Waals surface area contributed by atoms with Crippen molar-refractivity contribution in [3.63, 3.8) is 0 Å². The Kier molecular flexibility index (Phi) is 8.86. The van der Waals surface area contributed by atoms with Crippen molar-refractivity contribution in [1.29, 1.82) is 0 Å². The Labute approximate surface area is 269 Å². The minimum absolute atomic E-state index is 0.191. The largest absolute Gasteiger partial charge is 0.489 e. The summed E-state index contributed by atoms with van der Waals surface area (Å²) >= 11 is 5.08. The maximum Gasteiger partial charge on any atom is 0.255 e. The number of aromatic nitrogens is 3. The molecule has 44 heavy (non-hydrogen) atoms. The molecule has 0 aliphatic carbocycles. The molecule has 0 fully saturated rings. The molecule has 4 aromatic carbocycles. The summed E-state index contributed by atoms with van der Waals surface area (Å²) in [5.74, 6) is 1.89. The van der Waals surface area contributed by atoms with Gasteiger partial charge in [0.1, 0.15) is 18.4 Å². The van der Waals surface area contributed by atoms with E-state index in [1.165, 1.54) is 5.56 Å². The number of rotatable bonds is 9. The Hall–Kier alpha value is -4.34. The smallest absolute Gasteiger partial charge is 0.255 e. The van der Waals surface area contributed by atoms with E-state index in [0.29, 0.717) is 23.3 Å². The van der Waals surface area contributed by atoms with Crippen molar-refractivity contribution in [3.8, 4) is 5.75 Å². The Morgan fingerprint density at radius 2 is 1.70 bits per heavy atom. The first kappa shape index (κ1) is 29.7. The molecule has 0 saturated carbocycles. The molecule has 1 atom stereocenters. The van der Waals surface area contributed by atoms with Crippen LogP contribution in [-0.4, -0.2) is 20.7 Å². The maximum atomic E-state index is 14.0. The molecule has 9 heteroatoms. The van der Waals surface area contributed by atoms with Crippen molar-refractivity contribution < 1.29 is 9.53 Å². The molecule has 6 rings (SSSR count). The van der Waals surface area contributed by atoms with Gasteiger partial charge in [0, 0.05) is 21.6 Å². The molecule has 2 N–H and O–H groups in total. The zero-order chi connectivity index (χ0) is 30.6. The highest BCUT2D eigenvalue weighted by atomic mass is 79.9. The van der Waals surface area contributed by atoms with E-state index >= 15 is 0 Å². The Morgan fingerprint density at radius 1 is 0.955 bits per heavy atom. The average molecular weight is 667 g/mol. The fourth-order valence-electron chi connectivity index (χ4n) is 5.13. The molecule has 0 bridgehead atoms. The normalized spacial score (nSPS) is 14.1. The minimum atomic E-state index is -0.492. The van der Waals surface area contributed by atoms with Crippen molar-refractivity contribution in [2.45, 2.75) is 44.3 Å². The summed E-state index contributed by atoms with van der Waals surface area (Å²) in [5.41, 5.74) is 7.40. The van der Waals surface area contributed by atoms with Crippen LogP contribution in [0.1, 0.15) is 40.8 Å². The van der Waals surface area contributed by atoms with Crippen LogP contribution in [0.2, 0.25) is 0 Å². The van der Waals surface area contributed by atoms with Gasteiger partial charge in [-0.05, 0) is 78.9 Å². The lowest BCUT2D eigenvalue weighted by Gasteiger charge is -2.29. The predicted molar refractivity (Wildman–Crippen MR) is 180 cm³/mol. The van der Waals surface area contributed by atoms with E-state index in [4.69, 9.17) is 14.8 Å². The van der Waals surface area contributed by atoms with Crippen molar-refractivity contribution in [3.05, 3.63) is 141 Å². The molecule has 2 heterocycles. The number of aryl methyl sites for hydroxylation is 1. The molecule has 0 saturated heterocycles. The quantitative estimate of drug-likeness (QED) is 0.154. The van der Waals surface area contributed by atoms with E-state index in [1.807, 2.05) is 110 Å². The minimum Gasteiger partial charge on any atom is -0.489 e. The first-order valence-corrected chi connectivity index (χ1v) is 16.1. The summed E-state index contributed by atoms with van der Waals surface area (Å²) < 4.78 is 8.90. The number of ether oxygens (including phenoxy) is 1. The van der Waals surface area contributed by atoms with Gasteiger partial charge in [-0.2, -0.15) is 4.98 Å². The highest BCUT2D eigenvalue weighted by Gasteiger charge is 2.34. The first-order valence-electron chi connectivity index (χ1n) is 14.3. The van der Waals surface area contributed by atoms with Crippen molar-refractivity contribution in [1.82, 2.24) is 14.8 Å². The Balaban J connectivity index is 1.30. The number of fused-ring (bicyclic) bond motifs is 1. The van der Waals surface area contributed by atoms with Gasteiger partial charge in [-0.3, -0.25) is 4.79 Å². The van der Waals surface area contributed by atoms with Crippen LogP contribution in [0.15, 0.2) is 118 Å². The number of thioether (sulfide) groups is 1. The Morgan fingerprint density at radius 3 is 2.48 bits per heavy atom. The second kappa shape index (κ2) is 13.1. The molecule has 0 radical (unpaired) electrons. The number of anilines is 2. The van der Waals surface area contributed by atoms with Gasteiger partial charge in [0.25, 0.3) is 5.91 Å². The summed E-state index contributed by atoms with van der Waals surface area (Å²) in [5, 5.41) is 12.0. The van der Waals surface area contributed by atoms with E-state index in [-0.39, 0.29) is 5.91 Å². The molecular formula is C35H32BrN5O2S. The second-order valence-corrected chi connectivity index (χ2v) is 12.6. The lowest BCUT2D eigenvalue weighted by atomic mass is 9.94. The second-order valence-electron chi connectivity index (χ2n) is 10.7. The van der Waals surface area contributed by atoms with Crippen LogP contribution in [0.4, 0.5) is 11.6 Å². The van der Waals surface area contributed by atoms with Gasteiger partial charge in [0.15, 0.2) is 0 Å². The monoisotopic (exact) mass is 665 g/mol. The number of nitrogens with zero attached hydrogens (tertiary/aromatic N) is 3. The van der Waals surface area contributed by atoms with Gasteiger partial charge in [-0.15, -0.1) is 5.10 Å². The lowest BCUT2D eigenvalue weighted by Crippen LogP contribution is -2.31. The molecule has 1 unspecified atom stereocenters. The van der Waals surface area contributed by atoms with Crippen LogP contribution in [-0.2, 0) is 17.2 Å². The van der Waals surface area contributed by atoms with Gasteiger partial charge in [-0.1, -0.05) is 94.4 Å². The van der Waals surface area contributed by atoms with E-state index in [1.54, 1.807) is 11.8 Å². The number of hydrogen-bond acceptors (Lipinski definition) is 6. The maximum absolute atomic E-state index is 14.0. The molecule has 1 amide bonds. The van der Waals surface area contributed by atoms with Gasteiger partial charge < -0.3 is 15.4 Å². The summed E-state index contributed by atoms with van der Waals surface area (Å²) in [6.07, 6.45) is 0. The third kappa shape index (κ3) is 6.59. The van der Waals surface area contributed by atoms with Crippen molar-refractivity contribution in [2.24, 2.45) is 0 Å². The molecule has 1 aliphatic rings. The van der Waals surface area contributed by atoms with Crippen LogP contribution in [0.3, 0.4) is 0 Å². The molecular weight excluding hydrogens is 634 g/mol. The van der Waals surface area contributed by atoms with Gasteiger partial charge in [0.2, 0.25) is 11.1 Å². The van der Waals surface area contributed by atoms with Gasteiger partial charge in [0.05, 0.1) is 5.57 Å². The third-order valence-corrected chi connectivity index (χ3v) is 9.03. The summed E-state index contributed by atoms with van der Waals surface area (Å²) in [4.78, 5) is 18.8. The van der Waals surface area contributed by atoms with E-state index < -0.39 is 6.04 Å². The number of carbonyl (C=O) groups is 1. The Bertz CT molecular complexity index is 1840. The van der Waals surface area contributed by atoms with Gasteiger partial charge >= 0.3 is 0 Å². The van der Waals surface area contributed by atoms with Crippen molar-refractivity contribution in [2.75, 3.05) is 10.6 Å². The highest BCUT2D eigenvalue weighted by molar-refractivity contribution is 9.10. The third-order valence-electron chi connectivity index (χ3n) is 7.63. The summed E-state index contributed by atoms with van der Waals surface area (Å²) in [7, 11) is 0. The zero-order valence-corrected chi connectivity index (χ0v) is 27.1. The lowest BCUT2D eigenvalue weighted by molar-refractivity contribution is -0.113.